The van der Waals surface area contributed by atoms with Crippen LogP contribution >= 0.6 is 15.9 Å². The lowest BCUT2D eigenvalue weighted by Gasteiger charge is -2.06. The van der Waals surface area contributed by atoms with Crippen LogP contribution in [0, 0.1) is 5.82 Å². The van der Waals surface area contributed by atoms with Crippen molar-refractivity contribution in [2.24, 2.45) is 5.73 Å². The summed E-state index contributed by atoms with van der Waals surface area (Å²) in [6.45, 7) is 0. The first kappa shape index (κ1) is 8.20. The minimum atomic E-state index is -0.183. The van der Waals surface area contributed by atoms with Gasteiger partial charge in [0.2, 0.25) is 0 Å². The number of hydrogen-bond acceptors (Lipinski definition) is 1. The molecule has 0 bridgehead atoms. The standard InChI is InChI=1S/C9H9BrFN/c10-6-3-1-5-2-4-7(12)8(5)9(6)11/h1,3,7H,2,4,12H2. The van der Waals surface area contributed by atoms with Crippen LogP contribution in [0.25, 0.3) is 0 Å². The maximum Gasteiger partial charge on any atom is 0.142 e. The van der Waals surface area contributed by atoms with Crippen molar-refractivity contribution in [2.45, 2.75) is 18.9 Å². The second-order valence-electron chi connectivity index (χ2n) is 3.08. The molecule has 3 heteroatoms. The third-order valence-electron chi connectivity index (χ3n) is 2.32. The van der Waals surface area contributed by atoms with E-state index in [0.717, 1.165) is 18.4 Å². The SMILES string of the molecule is NC1CCc2ccc(Br)c(F)c21. The molecule has 1 unspecified atom stereocenters. The van der Waals surface area contributed by atoms with Crippen molar-refractivity contribution in [3.8, 4) is 0 Å². The van der Waals surface area contributed by atoms with Gasteiger partial charge >= 0.3 is 0 Å². The van der Waals surface area contributed by atoms with Gasteiger partial charge in [0.15, 0.2) is 0 Å². The van der Waals surface area contributed by atoms with Crippen LogP contribution in [0.3, 0.4) is 0 Å². The minimum absolute atomic E-state index is 0.113. The van der Waals surface area contributed by atoms with Crippen LogP contribution < -0.4 is 5.73 Å². The number of nitrogens with two attached hydrogens (primary N) is 1. The first-order chi connectivity index (χ1) is 5.70. The Balaban J connectivity index is 2.63. The summed E-state index contributed by atoms with van der Waals surface area (Å²) in [5, 5.41) is 0. The molecule has 0 saturated carbocycles. The molecule has 0 saturated heterocycles. The van der Waals surface area contributed by atoms with Gasteiger partial charge < -0.3 is 5.73 Å². The maximum atomic E-state index is 13.4. The fraction of sp³-hybridized carbons (Fsp3) is 0.333. The molecule has 2 rings (SSSR count). The van der Waals surface area contributed by atoms with Gasteiger partial charge in [0.25, 0.3) is 0 Å². The Bertz CT molecular complexity index is 325. The van der Waals surface area contributed by atoms with Gasteiger partial charge in [-0.2, -0.15) is 0 Å². The number of aryl methyl sites for hydroxylation is 1. The lowest BCUT2D eigenvalue weighted by molar-refractivity contribution is 0.583. The molecular weight excluding hydrogens is 221 g/mol. The Kier molecular flexibility index (Phi) is 1.93. The van der Waals surface area contributed by atoms with Crippen LogP contribution in [0.2, 0.25) is 0 Å². The highest BCUT2D eigenvalue weighted by Crippen LogP contribution is 2.34. The van der Waals surface area contributed by atoms with Crippen LogP contribution in [-0.4, -0.2) is 0 Å². The van der Waals surface area contributed by atoms with Gasteiger partial charge in [-0.1, -0.05) is 6.07 Å². The van der Waals surface area contributed by atoms with Crippen LogP contribution in [-0.2, 0) is 6.42 Å². The number of rotatable bonds is 0. The van der Waals surface area contributed by atoms with Gasteiger partial charge in [-0.3, -0.25) is 0 Å². The molecule has 0 aliphatic heterocycles. The lowest BCUT2D eigenvalue weighted by atomic mass is 10.1. The van der Waals surface area contributed by atoms with E-state index in [-0.39, 0.29) is 11.9 Å². The summed E-state index contributed by atoms with van der Waals surface area (Å²) >= 11 is 3.15. The Morgan fingerprint density at radius 2 is 2.25 bits per heavy atom. The molecule has 12 heavy (non-hydrogen) atoms. The highest BCUT2D eigenvalue weighted by atomic mass is 79.9. The van der Waals surface area contributed by atoms with Crippen LogP contribution in [0.4, 0.5) is 4.39 Å². The topological polar surface area (TPSA) is 26.0 Å². The molecule has 64 valence electrons. The van der Waals surface area contributed by atoms with E-state index in [0.29, 0.717) is 10.0 Å². The molecule has 1 nitrogen and oxygen atoms in total. The van der Waals surface area contributed by atoms with Crippen molar-refractivity contribution >= 4 is 15.9 Å². The monoisotopic (exact) mass is 229 g/mol. The van der Waals surface area contributed by atoms with E-state index in [1.807, 2.05) is 6.07 Å². The molecule has 0 fully saturated rings. The largest absolute Gasteiger partial charge is 0.324 e. The summed E-state index contributed by atoms with van der Waals surface area (Å²) in [6, 6.07) is 3.57. The van der Waals surface area contributed by atoms with E-state index in [1.54, 1.807) is 6.07 Å². The molecule has 0 spiro atoms. The van der Waals surface area contributed by atoms with Crippen LogP contribution in [0.1, 0.15) is 23.6 Å². The molecule has 0 radical (unpaired) electrons. The fourth-order valence-corrected chi connectivity index (χ4v) is 2.03. The molecule has 1 aromatic carbocycles. The zero-order valence-corrected chi connectivity index (χ0v) is 8.07. The molecule has 0 aromatic heterocycles. The lowest BCUT2D eigenvalue weighted by Crippen LogP contribution is -2.07. The summed E-state index contributed by atoms with van der Waals surface area (Å²) in [5.74, 6) is -0.183. The Hall–Kier alpha value is -0.410. The van der Waals surface area contributed by atoms with Gasteiger partial charge in [0.05, 0.1) is 4.47 Å². The Labute approximate surface area is 78.9 Å². The molecule has 0 heterocycles. The van der Waals surface area contributed by atoms with E-state index in [9.17, 15) is 4.39 Å². The van der Waals surface area contributed by atoms with Gasteiger partial charge in [-0.15, -0.1) is 0 Å². The highest BCUT2D eigenvalue weighted by Gasteiger charge is 2.23. The van der Waals surface area contributed by atoms with E-state index < -0.39 is 0 Å². The van der Waals surface area contributed by atoms with Crippen molar-refractivity contribution in [1.29, 1.82) is 0 Å². The predicted molar refractivity (Wildman–Crippen MR) is 49.3 cm³/mol. The van der Waals surface area contributed by atoms with E-state index in [4.69, 9.17) is 5.73 Å². The van der Waals surface area contributed by atoms with Gasteiger partial charge in [-0.25, -0.2) is 4.39 Å². The second kappa shape index (κ2) is 2.82. The predicted octanol–water partition coefficient (Wildman–Crippen LogP) is 2.53. The molecular formula is C9H9BrFN. The van der Waals surface area contributed by atoms with E-state index in [2.05, 4.69) is 15.9 Å². The van der Waals surface area contributed by atoms with Crippen molar-refractivity contribution in [3.63, 3.8) is 0 Å². The highest BCUT2D eigenvalue weighted by molar-refractivity contribution is 9.10. The first-order valence-electron chi connectivity index (χ1n) is 3.92. The van der Waals surface area contributed by atoms with Crippen molar-refractivity contribution < 1.29 is 4.39 Å². The first-order valence-corrected chi connectivity index (χ1v) is 4.72. The normalized spacial score (nSPS) is 21.1. The van der Waals surface area contributed by atoms with E-state index in [1.165, 1.54) is 0 Å². The fourth-order valence-electron chi connectivity index (χ4n) is 1.68. The number of fused-ring (bicyclic) bond motifs is 1. The van der Waals surface area contributed by atoms with Crippen LogP contribution in [0.5, 0.6) is 0 Å². The minimum Gasteiger partial charge on any atom is -0.324 e. The zero-order valence-electron chi connectivity index (χ0n) is 6.48. The van der Waals surface area contributed by atoms with Gasteiger partial charge in [0, 0.05) is 11.6 Å². The summed E-state index contributed by atoms with van der Waals surface area (Å²) < 4.78 is 13.9. The second-order valence-corrected chi connectivity index (χ2v) is 3.93. The van der Waals surface area contributed by atoms with Gasteiger partial charge in [-0.05, 0) is 40.4 Å². The third kappa shape index (κ3) is 1.08. The van der Waals surface area contributed by atoms with Crippen molar-refractivity contribution in [3.05, 3.63) is 33.5 Å². The van der Waals surface area contributed by atoms with Crippen molar-refractivity contribution in [2.75, 3.05) is 0 Å². The number of hydrogen-bond donors (Lipinski definition) is 1. The average molecular weight is 230 g/mol. The Morgan fingerprint density at radius 3 is 3.00 bits per heavy atom. The summed E-state index contributed by atoms with van der Waals surface area (Å²) in [6.07, 6.45) is 1.77. The number of halogens is 2. The summed E-state index contributed by atoms with van der Waals surface area (Å²) in [5.41, 5.74) is 7.51. The molecule has 2 N–H and O–H groups in total. The smallest absolute Gasteiger partial charge is 0.142 e. The molecule has 1 atom stereocenters. The molecule has 1 aliphatic carbocycles. The molecule has 1 aliphatic rings. The summed E-state index contributed by atoms with van der Waals surface area (Å²) in [7, 11) is 0. The van der Waals surface area contributed by atoms with E-state index >= 15 is 0 Å². The Morgan fingerprint density at radius 1 is 1.50 bits per heavy atom. The third-order valence-corrected chi connectivity index (χ3v) is 2.93. The zero-order chi connectivity index (χ0) is 8.72. The molecule has 0 amide bonds. The number of benzene rings is 1. The maximum absolute atomic E-state index is 13.4. The van der Waals surface area contributed by atoms with Crippen LogP contribution in [0.15, 0.2) is 16.6 Å². The van der Waals surface area contributed by atoms with Gasteiger partial charge in [0.1, 0.15) is 5.82 Å². The summed E-state index contributed by atoms with van der Waals surface area (Å²) in [4.78, 5) is 0. The van der Waals surface area contributed by atoms with Crippen molar-refractivity contribution in [1.82, 2.24) is 0 Å². The quantitative estimate of drug-likeness (QED) is 0.728. The molecule has 1 aromatic rings. The average Bonchev–Trinajstić information content (AvgIpc) is 2.41.